The van der Waals surface area contributed by atoms with Gasteiger partial charge in [-0.25, -0.2) is 0 Å². The minimum atomic E-state index is 1.20. The molecule has 0 amide bonds. The van der Waals surface area contributed by atoms with E-state index in [4.69, 9.17) is 0 Å². The third-order valence-electron chi connectivity index (χ3n) is 4.41. The Morgan fingerprint density at radius 1 is 0.500 bits per heavy atom. The lowest BCUT2D eigenvalue weighted by atomic mass is 9.51. The van der Waals surface area contributed by atoms with Gasteiger partial charge in [-0.1, -0.05) is 0 Å². The van der Waals surface area contributed by atoms with Gasteiger partial charge in [0.15, 0.2) is 0 Å². The molecular weight excluding hydrogens is 120 g/mol. The first-order chi connectivity index (χ1) is 4.95. The van der Waals surface area contributed by atoms with Crippen LogP contribution in [0.4, 0.5) is 0 Å². The van der Waals surface area contributed by atoms with Crippen LogP contribution in [-0.4, -0.2) is 0 Å². The van der Waals surface area contributed by atoms with Crippen molar-refractivity contribution in [3.05, 3.63) is 0 Å². The molecule has 3 rings (SSSR count). The number of rotatable bonds is 0. The molecule has 0 aromatic heterocycles. The third-order valence-corrected chi connectivity index (χ3v) is 4.41. The van der Waals surface area contributed by atoms with Gasteiger partial charge in [-0.15, -0.1) is 0 Å². The Morgan fingerprint density at radius 3 is 1.20 bits per heavy atom. The molecule has 3 fully saturated rings. The molecule has 0 aromatic rings. The highest BCUT2D eigenvalue weighted by Gasteiger charge is 2.47. The van der Waals surface area contributed by atoms with E-state index in [1.54, 1.807) is 38.5 Å². The Labute approximate surface area is 63.0 Å². The van der Waals surface area contributed by atoms with Gasteiger partial charge in [-0.2, -0.15) is 0 Å². The Hall–Kier alpha value is 0. The molecule has 0 spiro atoms. The molecule has 0 aromatic carbocycles. The van der Waals surface area contributed by atoms with Gasteiger partial charge in [-0.05, 0) is 62.2 Å². The van der Waals surface area contributed by atoms with Crippen molar-refractivity contribution >= 4 is 0 Å². The SMILES string of the molecule is C1CC2CCC2C2CCC12. The molecule has 4 unspecified atom stereocenters. The molecule has 0 heterocycles. The molecule has 0 N–H and O–H groups in total. The van der Waals surface area contributed by atoms with Gasteiger partial charge in [0.2, 0.25) is 0 Å². The van der Waals surface area contributed by atoms with E-state index < -0.39 is 0 Å². The van der Waals surface area contributed by atoms with E-state index in [-0.39, 0.29) is 0 Å². The summed E-state index contributed by atoms with van der Waals surface area (Å²) in [4.78, 5) is 0. The Kier molecular flexibility index (Phi) is 1.00. The molecule has 0 saturated heterocycles. The quantitative estimate of drug-likeness (QED) is 0.480. The van der Waals surface area contributed by atoms with Crippen LogP contribution in [0.3, 0.4) is 0 Å². The maximum absolute atomic E-state index is 1.59. The number of hydrogen-bond acceptors (Lipinski definition) is 0. The fourth-order valence-electron chi connectivity index (χ4n) is 3.46. The standard InChI is InChI=1S/C10H16/c1-2-8-4-6-10(8)9-5-3-7(1)9/h7-10H,1-6H2. The van der Waals surface area contributed by atoms with Crippen molar-refractivity contribution in [3.63, 3.8) is 0 Å². The second-order valence-corrected chi connectivity index (χ2v) is 4.58. The van der Waals surface area contributed by atoms with Crippen molar-refractivity contribution in [1.29, 1.82) is 0 Å². The molecule has 4 atom stereocenters. The summed E-state index contributed by atoms with van der Waals surface area (Å²) >= 11 is 0. The summed E-state index contributed by atoms with van der Waals surface area (Å²) in [6.07, 6.45) is 9.51. The lowest BCUT2D eigenvalue weighted by Crippen LogP contribution is -2.45. The Bertz CT molecular complexity index is 132. The maximum atomic E-state index is 1.59. The van der Waals surface area contributed by atoms with Crippen LogP contribution in [0.1, 0.15) is 38.5 Å². The van der Waals surface area contributed by atoms with Gasteiger partial charge < -0.3 is 0 Å². The van der Waals surface area contributed by atoms with Crippen molar-refractivity contribution < 1.29 is 0 Å². The van der Waals surface area contributed by atoms with Crippen molar-refractivity contribution in [2.45, 2.75) is 38.5 Å². The third kappa shape index (κ3) is 0.538. The Balaban J connectivity index is 1.78. The summed E-state index contributed by atoms with van der Waals surface area (Å²) in [6, 6.07) is 0. The summed E-state index contributed by atoms with van der Waals surface area (Å²) in [5, 5.41) is 0. The number of hydrogen-bond donors (Lipinski definition) is 0. The summed E-state index contributed by atoms with van der Waals surface area (Å²) in [6.45, 7) is 0. The van der Waals surface area contributed by atoms with E-state index >= 15 is 0 Å². The highest BCUT2D eigenvalue weighted by Crippen LogP contribution is 2.57. The van der Waals surface area contributed by atoms with E-state index in [1.807, 2.05) is 0 Å². The molecule has 56 valence electrons. The van der Waals surface area contributed by atoms with Crippen LogP contribution < -0.4 is 0 Å². The van der Waals surface area contributed by atoms with Gasteiger partial charge in [0.25, 0.3) is 0 Å². The van der Waals surface area contributed by atoms with E-state index in [0.29, 0.717) is 0 Å². The van der Waals surface area contributed by atoms with E-state index in [1.165, 1.54) is 23.7 Å². The van der Waals surface area contributed by atoms with Crippen LogP contribution in [-0.2, 0) is 0 Å². The lowest BCUT2D eigenvalue weighted by Gasteiger charge is -2.55. The average Bonchev–Trinajstić information content (AvgIpc) is 1.84. The van der Waals surface area contributed by atoms with Gasteiger partial charge in [-0.3, -0.25) is 0 Å². The maximum Gasteiger partial charge on any atom is -0.0355 e. The van der Waals surface area contributed by atoms with Crippen LogP contribution in [0, 0.1) is 23.7 Å². The summed E-state index contributed by atoms with van der Waals surface area (Å²) in [5.74, 6) is 4.82. The van der Waals surface area contributed by atoms with Crippen LogP contribution in [0.15, 0.2) is 0 Å². The molecule has 3 aliphatic rings. The van der Waals surface area contributed by atoms with Gasteiger partial charge in [0.1, 0.15) is 0 Å². The van der Waals surface area contributed by atoms with E-state index in [0.717, 1.165) is 0 Å². The smallest absolute Gasteiger partial charge is 0.0355 e. The predicted molar refractivity (Wildman–Crippen MR) is 41.7 cm³/mol. The van der Waals surface area contributed by atoms with E-state index in [9.17, 15) is 0 Å². The normalized spacial score (nSPS) is 57.6. The first-order valence-corrected chi connectivity index (χ1v) is 4.95. The van der Waals surface area contributed by atoms with Crippen LogP contribution in [0.25, 0.3) is 0 Å². The van der Waals surface area contributed by atoms with Crippen molar-refractivity contribution in [1.82, 2.24) is 0 Å². The highest BCUT2D eigenvalue weighted by molar-refractivity contribution is 4.97. The molecular formula is C10H16. The molecule has 0 heteroatoms. The minimum absolute atomic E-state index is 1.20. The Morgan fingerprint density at radius 2 is 0.900 bits per heavy atom. The predicted octanol–water partition coefficient (Wildman–Crippen LogP) is 2.83. The first kappa shape index (κ1) is 5.62. The topological polar surface area (TPSA) is 0 Å². The zero-order valence-electron chi connectivity index (χ0n) is 6.55. The minimum Gasteiger partial charge on any atom is -0.0499 e. The molecule has 0 bridgehead atoms. The van der Waals surface area contributed by atoms with Crippen LogP contribution in [0.5, 0.6) is 0 Å². The molecule has 0 radical (unpaired) electrons. The van der Waals surface area contributed by atoms with Crippen LogP contribution in [0.2, 0.25) is 0 Å². The summed E-state index contributed by atoms with van der Waals surface area (Å²) in [7, 11) is 0. The highest BCUT2D eigenvalue weighted by atomic mass is 14.5. The second-order valence-electron chi connectivity index (χ2n) is 4.58. The largest absolute Gasteiger partial charge is 0.0499 e. The first-order valence-electron chi connectivity index (χ1n) is 4.95. The average molecular weight is 136 g/mol. The van der Waals surface area contributed by atoms with Gasteiger partial charge >= 0.3 is 0 Å². The summed E-state index contributed by atoms with van der Waals surface area (Å²) in [5.41, 5.74) is 0. The second kappa shape index (κ2) is 1.78. The van der Waals surface area contributed by atoms with Gasteiger partial charge in [0.05, 0.1) is 0 Å². The lowest BCUT2D eigenvalue weighted by molar-refractivity contribution is -0.0461. The zero-order valence-corrected chi connectivity index (χ0v) is 6.55. The zero-order chi connectivity index (χ0) is 6.55. The molecule has 3 saturated carbocycles. The van der Waals surface area contributed by atoms with E-state index in [2.05, 4.69) is 0 Å². The fraction of sp³-hybridized carbons (Fsp3) is 1.00. The molecule has 0 aliphatic heterocycles. The van der Waals surface area contributed by atoms with Crippen molar-refractivity contribution in [2.75, 3.05) is 0 Å². The molecule has 10 heavy (non-hydrogen) atoms. The van der Waals surface area contributed by atoms with Gasteiger partial charge in [0, 0.05) is 0 Å². The summed E-state index contributed by atoms with van der Waals surface area (Å²) < 4.78 is 0. The van der Waals surface area contributed by atoms with Crippen molar-refractivity contribution in [2.24, 2.45) is 23.7 Å². The van der Waals surface area contributed by atoms with Crippen LogP contribution >= 0.6 is 0 Å². The fourth-order valence-corrected chi connectivity index (χ4v) is 3.46. The van der Waals surface area contributed by atoms with Crippen molar-refractivity contribution in [3.8, 4) is 0 Å². The molecule has 0 nitrogen and oxygen atoms in total. The molecule has 3 aliphatic carbocycles. The monoisotopic (exact) mass is 136 g/mol. The number of fused-ring (bicyclic) bond motifs is 3.